The minimum atomic E-state index is -5.86. The zero-order valence-corrected chi connectivity index (χ0v) is 13.7. The lowest BCUT2D eigenvalue weighted by atomic mass is 10.1. The van der Waals surface area contributed by atoms with Crippen LogP contribution in [0.2, 0.25) is 0 Å². The Labute approximate surface area is 150 Å². The topological polar surface area (TPSA) is 52.7 Å². The van der Waals surface area contributed by atoms with Crippen LogP contribution in [0.15, 0.2) is 17.2 Å². The van der Waals surface area contributed by atoms with Gasteiger partial charge in [-0.15, -0.1) is 0 Å². The first-order valence-corrected chi connectivity index (χ1v) is 7.99. The zero-order chi connectivity index (χ0) is 20.6. The molecule has 28 heavy (non-hydrogen) atoms. The van der Waals surface area contributed by atoms with Crippen LogP contribution >= 0.6 is 0 Å². The Morgan fingerprint density at radius 3 is 2.39 bits per heavy atom. The van der Waals surface area contributed by atoms with Gasteiger partial charge in [0, 0.05) is 24.2 Å². The molecule has 0 radical (unpaired) electrons. The molecule has 152 valence electrons. The van der Waals surface area contributed by atoms with Crippen LogP contribution < -0.4 is 5.56 Å². The number of rotatable bonds is 3. The van der Waals surface area contributed by atoms with Crippen LogP contribution in [0.25, 0.3) is 11.1 Å². The van der Waals surface area contributed by atoms with Crippen molar-refractivity contribution in [2.75, 3.05) is 0 Å². The molecule has 0 bridgehead atoms. The lowest BCUT2D eigenvalue weighted by molar-refractivity contribution is -0.287. The smallest absolute Gasteiger partial charge is 0.296 e. The number of halogens is 8. The molecular weight excluding hydrogens is 404 g/mol. The number of hydrogen-bond donors (Lipinski definition) is 0. The van der Waals surface area contributed by atoms with Gasteiger partial charge in [-0.3, -0.25) is 14.0 Å². The van der Waals surface area contributed by atoms with Crippen LogP contribution in [0, 0.1) is 5.92 Å². The standard InChI is InChI=1S/C15H10F8N4O/c16-13(17,15(21,22)23)5-26-3-7(2-24-26)9-10(14(18,19)20)25-11-8-1-6(8)4-27(11)12(9)28/h2-3,6,8H,1,4-5H2. The van der Waals surface area contributed by atoms with Gasteiger partial charge in [-0.2, -0.15) is 40.2 Å². The predicted molar refractivity (Wildman–Crippen MR) is 76.6 cm³/mol. The molecule has 0 N–H and O–H groups in total. The summed E-state index contributed by atoms with van der Waals surface area (Å²) in [6.07, 6.45) is -9.05. The van der Waals surface area contributed by atoms with Crippen molar-refractivity contribution in [3.05, 3.63) is 34.3 Å². The fourth-order valence-corrected chi connectivity index (χ4v) is 3.37. The van der Waals surface area contributed by atoms with Gasteiger partial charge in [0.05, 0.1) is 11.8 Å². The number of alkyl halides is 8. The fourth-order valence-electron chi connectivity index (χ4n) is 3.37. The first-order chi connectivity index (χ1) is 12.8. The van der Waals surface area contributed by atoms with Crippen molar-refractivity contribution >= 4 is 0 Å². The van der Waals surface area contributed by atoms with Crippen LogP contribution in [0.3, 0.4) is 0 Å². The predicted octanol–water partition coefficient (Wildman–Crippen LogP) is 3.44. The van der Waals surface area contributed by atoms with Crippen LogP contribution in [-0.4, -0.2) is 31.4 Å². The Bertz CT molecular complexity index is 1000. The SMILES string of the molecule is O=c1c(-c2cnn(CC(F)(F)C(F)(F)F)c2)c(C(F)(F)F)nc2n1CC1CC21. The molecule has 1 fully saturated rings. The normalized spacial score (nSPS) is 21.6. The molecule has 1 aliphatic carbocycles. The van der Waals surface area contributed by atoms with Gasteiger partial charge in [0.1, 0.15) is 12.4 Å². The summed E-state index contributed by atoms with van der Waals surface area (Å²) in [4.78, 5) is 16.2. The zero-order valence-electron chi connectivity index (χ0n) is 13.7. The van der Waals surface area contributed by atoms with E-state index in [4.69, 9.17) is 0 Å². The van der Waals surface area contributed by atoms with E-state index >= 15 is 0 Å². The monoisotopic (exact) mass is 414 g/mol. The molecule has 2 aromatic heterocycles. The Morgan fingerprint density at radius 2 is 1.79 bits per heavy atom. The highest BCUT2D eigenvalue weighted by atomic mass is 19.4. The second-order valence-corrected chi connectivity index (χ2v) is 6.84. The van der Waals surface area contributed by atoms with Crippen molar-refractivity contribution in [1.29, 1.82) is 0 Å². The van der Waals surface area contributed by atoms with Gasteiger partial charge in [-0.1, -0.05) is 0 Å². The number of fused-ring (bicyclic) bond motifs is 3. The second kappa shape index (κ2) is 5.54. The molecule has 3 heterocycles. The lowest BCUT2D eigenvalue weighted by Crippen LogP contribution is -2.40. The fraction of sp³-hybridized carbons (Fsp3) is 0.533. The average Bonchev–Trinajstić information content (AvgIpc) is 2.99. The average molecular weight is 414 g/mol. The highest BCUT2D eigenvalue weighted by Crippen LogP contribution is 2.52. The van der Waals surface area contributed by atoms with E-state index in [2.05, 4.69) is 10.1 Å². The van der Waals surface area contributed by atoms with Gasteiger partial charge in [-0.25, -0.2) is 4.98 Å². The Kier molecular flexibility index (Phi) is 3.73. The van der Waals surface area contributed by atoms with Crippen LogP contribution in [0.1, 0.15) is 23.9 Å². The minimum absolute atomic E-state index is 0.0158. The largest absolute Gasteiger partial charge is 0.455 e. The van der Waals surface area contributed by atoms with E-state index in [0.717, 1.165) is 4.57 Å². The van der Waals surface area contributed by atoms with Crippen molar-refractivity contribution < 1.29 is 35.1 Å². The van der Waals surface area contributed by atoms with E-state index < -0.39 is 47.2 Å². The summed E-state index contributed by atoms with van der Waals surface area (Å²) >= 11 is 0. The van der Waals surface area contributed by atoms with Gasteiger partial charge < -0.3 is 0 Å². The Morgan fingerprint density at radius 1 is 1.11 bits per heavy atom. The maximum atomic E-state index is 13.5. The second-order valence-electron chi connectivity index (χ2n) is 6.84. The van der Waals surface area contributed by atoms with Crippen molar-refractivity contribution in [1.82, 2.24) is 19.3 Å². The van der Waals surface area contributed by atoms with E-state index in [9.17, 15) is 39.9 Å². The number of hydrogen-bond acceptors (Lipinski definition) is 3. The van der Waals surface area contributed by atoms with E-state index in [1.54, 1.807) is 0 Å². The molecule has 0 aromatic carbocycles. The van der Waals surface area contributed by atoms with E-state index in [1.807, 2.05) is 0 Å². The molecule has 2 aromatic rings. The molecule has 2 aliphatic rings. The summed E-state index contributed by atoms with van der Waals surface area (Å²) in [5.74, 6) is -5.32. The molecule has 5 nitrogen and oxygen atoms in total. The van der Waals surface area contributed by atoms with Crippen molar-refractivity contribution in [2.45, 2.75) is 43.7 Å². The molecule has 0 amide bonds. The molecule has 1 aliphatic heterocycles. The van der Waals surface area contributed by atoms with E-state index in [-0.39, 0.29) is 28.9 Å². The Hall–Kier alpha value is -2.47. The third-order valence-electron chi connectivity index (χ3n) is 4.84. The van der Waals surface area contributed by atoms with Gasteiger partial charge in [-0.05, 0) is 12.3 Å². The van der Waals surface area contributed by atoms with Crippen LogP contribution in [0.5, 0.6) is 0 Å². The molecule has 1 saturated carbocycles. The van der Waals surface area contributed by atoms with Gasteiger partial charge in [0.2, 0.25) is 0 Å². The van der Waals surface area contributed by atoms with Crippen molar-refractivity contribution in [2.24, 2.45) is 5.92 Å². The molecule has 2 unspecified atom stereocenters. The first-order valence-electron chi connectivity index (χ1n) is 7.99. The summed E-state index contributed by atoms with van der Waals surface area (Å²) in [5.41, 5.74) is -3.97. The first kappa shape index (κ1) is 18.9. The lowest BCUT2D eigenvalue weighted by Gasteiger charge is -2.19. The molecule has 2 atom stereocenters. The highest BCUT2D eigenvalue weighted by Gasteiger charge is 2.58. The van der Waals surface area contributed by atoms with Crippen LogP contribution in [-0.2, 0) is 19.3 Å². The summed E-state index contributed by atoms with van der Waals surface area (Å²) in [5, 5.41) is 3.27. The highest BCUT2D eigenvalue weighted by molar-refractivity contribution is 5.64. The van der Waals surface area contributed by atoms with Gasteiger partial charge in [0.15, 0.2) is 5.69 Å². The number of aromatic nitrogens is 4. The third-order valence-corrected chi connectivity index (χ3v) is 4.84. The van der Waals surface area contributed by atoms with Gasteiger partial charge >= 0.3 is 18.3 Å². The van der Waals surface area contributed by atoms with E-state index in [0.29, 0.717) is 18.8 Å². The molecule has 0 saturated heterocycles. The molecule has 0 spiro atoms. The maximum absolute atomic E-state index is 13.5. The third kappa shape index (κ3) is 2.87. The van der Waals surface area contributed by atoms with Crippen molar-refractivity contribution in [3.8, 4) is 11.1 Å². The van der Waals surface area contributed by atoms with Crippen molar-refractivity contribution in [3.63, 3.8) is 0 Å². The number of nitrogens with zero attached hydrogens (tertiary/aromatic N) is 4. The summed E-state index contributed by atoms with van der Waals surface area (Å²) < 4.78 is 105. The minimum Gasteiger partial charge on any atom is -0.296 e. The van der Waals surface area contributed by atoms with E-state index in [1.165, 1.54) is 0 Å². The molecular formula is C15H10F8N4O. The summed E-state index contributed by atoms with van der Waals surface area (Å²) in [6, 6.07) is 0. The maximum Gasteiger partial charge on any atom is 0.455 e. The molecule has 13 heteroatoms. The summed E-state index contributed by atoms with van der Waals surface area (Å²) in [7, 11) is 0. The quantitative estimate of drug-likeness (QED) is 0.724. The van der Waals surface area contributed by atoms with Crippen LogP contribution in [0.4, 0.5) is 35.1 Å². The summed E-state index contributed by atoms with van der Waals surface area (Å²) in [6.45, 7) is -1.74. The molecule has 4 rings (SSSR count). The van der Waals surface area contributed by atoms with Gasteiger partial charge in [0.25, 0.3) is 5.56 Å². The Balaban J connectivity index is 1.79.